The van der Waals surface area contributed by atoms with Crippen LogP contribution < -0.4 is 0 Å². The second-order valence-corrected chi connectivity index (χ2v) is 5.92. The summed E-state index contributed by atoms with van der Waals surface area (Å²) >= 11 is 7.42. The molecule has 0 unspecified atom stereocenters. The van der Waals surface area contributed by atoms with Gasteiger partial charge in [-0.15, -0.1) is 0 Å². The van der Waals surface area contributed by atoms with Crippen LogP contribution in [0.3, 0.4) is 0 Å². The molecule has 1 saturated heterocycles. The number of thioether (sulfide) groups is 1. The first-order valence-corrected chi connectivity index (χ1v) is 7.91. The minimum atomic E-state index is -0.0500. The molecule has 0 bridgehead atoms. The van der Waals surface area contributed by atoms with Gasteiger partial charge in [-0.3, -0.25) is 14.7 Å². The number of carbonyl (C=O) groups excluding carboxylic acids is 1. The SMILES string of the molecule is CCN1C(=O)/C(=C\c2ccc[nH]2)SC1=Nc1ccncc1Cl. The van der Waals surface area contributed by atoms with Crippen LogP contribution >= 0.6 is 23.4 Å². The Morgan fingerprint density at radius 1 is 1.50 bits per heavy atom. The van der Waals surface area contributed by atoms with Crippen molar-refractivity contribution in [3.05, 3.63) is 52.4 Å². The lowest BCUT2D eigenvalue weighted by molar-refractivity contribution is -0.122. The van der Waals surface area contributed by atoms with E-state index in [4.69, 9.17) is 11.6 Å². The molecule has 0 spiro atoms. The fraction of sp³-hybridized carbons (Fsp3) is 0.133. The fourth-order valence-corrected chi connectivity index (χ4v) is 3.21. The third kappa shape index (κ3) is 2.93. The van der Waals surface area contributed by atoms with Gasteiger partial charge in [0, 0.05) is 30.8 Å². The van der Waals surface area contributed by atoms with Crippen LogP contribution in [0.2, 0.25) is 5.02 Å². The van der Waals surface area contributed by atoms with Gasteiger partial charge < -0.3 is 4.98 Å². The third-order valence-corrected chi connectivity index (χ3v) is 4.38. The van der Waals surface area contributed by atoms with Gasteiger partial charge in [0.1, 0.15) is 0 Å². The Hall–Kier alpha value is -2.05. The van der Waals surface area contributed by atoms with Crippen molar-refractivity contribution >= 4 is 46.2 Å². The molecule has 0 atom stereocenters. The quantitative estimate of drug-likeness (QED) is 0.872. The predicted octanol–water partition coefficient (Wildman–Crippen LogP) is 3.69. The molecule has 112 valence electrons. The number of pyridine rings is 1. The highest BCUT2D eigenvalue weighted by atomic mass is 35.5. The maximum Gasteiger partial charge on any atom is 0.266 e. The summed E-state index contributed by atoms with van der Waals surface area (Å²) in [4.78, 5) is 26.2. The Balaban J connectivity index is 1.95. The molecule has 0 aromatic carbocycles. The molecule has 22 heavy (non-hydrogen) atoms. The van der Waals surface area contributed by atoms with Gasteiger partial charge in [-0.05, 0) is 43.0 Å². The summed E-state index contributed by atoms with van der Waals surface area (Å²) in [5.74, 6) is -0.0500. The summed E-state index contributed by atoms with van der Waals surface area (Å²) in [6.07, 6.45) is 6.80. The van der Waals surface area contributed by atoms with Crippen LogP contribution in [-0.4, -0.2) is 32.5 Å². The third-order valence-electron chi connectivity index (χ3n) is 3.08. The number of amides is 1. The van der Waals surface area contributed by atoms with E-state index in [-0.39, 0.29) is 5.91 Å². The van der Waals surface area contributed by atoms with Crippen LogP contribution in [0.25, 0.3) is 6.08 Å². The number of likely N-dealkylation sites (N-methyl/N-ethyl adjacent to an activating group) is 1. The molecule has 7 heteroatoms. The number of rotatable bonds is 3. The van der Waals surface area contributed by atoms with Gasteiger partial charge in [0.2, 0.25) is 0 Å². The van der Waals surface area contributed by atoms with Gasteiger partial charge in [0.25, 0.3) is 5.91 Å². The van der Waals surface area contributed by atoms with Gasteiger partial charge in [-0.25, -0.2) is 4.99 Å². The number of hydrogen-bond acceptors (Lipinski definition) is 4. The van der Waals surface area contributed by atoms with Gasteiger partial charge in [-0.1, -0.05) is 11.6 Å². The molecule has 2 aromatic heterocycles. The van der Waals surface area contributed by atoms with Crippen molar-refractivity contribution in [1.82, 2.24) is 14.9 Å². The van der Waals surface area contributed by atoms with Gasteiger partial charge in [0.15, 0.2) is 5.17 Å². The standard InChI is InChI=1S/C15H13ClN4OS/c1-2-20-14(21)13(8-10-4-3-6-18-10)22-15(20)19-12-5-7-17-9-11(12)16/h3-9,18H,2H2,1H3/b13-8+,19-15?. The number of H-pyrrole nitrogens is 1. The van der Waals surface area contributed by atoms with Crippen molar-refractivity contribution in [1.29, 1.82) is 0 Å². The molecule has 5 nitrogen and oxygen atoms in total. The summed E-state index contributed by atoms with van der Waals surface area (Å²) in [5, 5.41) is 1.08. The molecule has 1 fully saturated rings. The lowest BCUT2D eigenvalue weighted by Crippen LogP contribution is -2.28. The van der Waals surface area contributed by atoms with E-state index in [0.29, 0.717) is 27.3 Å². The Morgan fingerprint density at radius 2 is 2.36 bits per heavy atom. The Bertz CT molecular complexity index is 755. The fourth-order valence-electron chi connectivity index (χ4n) is 2.01. The molecule has 1 aliphatic rings. The minimum absolute atomic E-state index is 0.0500. The molecule has 3 rings (SSSR count). The van der Waals surface area contributed by atoms with Crippen LogP contribution in [0.1, 0.15) is 12.6 Å². The molecule has 0 aliphatic carbocycles. The molecular weight excluding hydrogens is 320 g/mol. The number of aromatic amines is 1. The van der Waals surface area contributed by atoms with Crippen molar-refractivity contribution < 1.29 is 4.79 Å². The predicted molar refractivity (Wildman–Crippen MR) is 90.1 cm³/mol. The van der Waals surface area contributed by atoms with Crippen molar-refractivity contribution in [2.45, 2.75) is 6.92 Å². The summed E-state index contributed by atoms with van der Waals surface area (Å²) in [5.41, 5.74) is 1.49. The number of halogens is 1. The number of aromatic nitrogens is 2. The minimum Gasteiger partial charge on any atom is -0.362 e. The Morgan fingerprint density at radius 3 is 3.05 bits per heavy atom. The average molecular weight is 333 g/mol. The summed E-state index contributed by atoms with van der Waals surface area (Å²) in [7, 11) is 0. The van der Waals surface area contributed by atoms with Gasteiger partial charge in [0.05, 0.1) is 15.6 Å². The van der Waals surface area contributed by atoms with Gasteiger partial charge >= 0.3 is 0 Å². The van der Waals surface area contributed by atoms with Crippen LogP contribution in [0.4, 0.5) is 5.69 Å². The van der Waals surface area contributed by atoms with Crippen LogP contribution in [-0.2, 0) is 4.79 Å². The molecule has 1 N–H and O–H groups in total. The number of amidine groups is 1. The Labute approximate surface area is 137 Å². The summed E-state index contributed by atoms with van der Waals surface area (Å²) in [6.45, 7) is 2.47. The molecule has 0 saturated carbocycles. The van der Waals surface area contributed by atoms with E-state index in [1.54, 1.807) is 17.2 Å². The van der Waals surface area contributed by atoms with E-state index in [9.17, 15) is 4.79 Å². The highest BCUT2D eigenvalue weighted by Crippen LogP contribution is 2.35. The molecule has 3 heterocycles. The number of aliphatic imine (C=N–C) groups is 1. The normalized spacial score (nSPS) is 18.6. The zero-order valence-corrected chi connectivity index (χ0v) is 13.4. The number of hydrogen-bond donors (Lipinski definition) is 1. The monoisotopic (exact) mass is 332 g/mol. The smallest absolute Gasteiger partial charge is 0.266 e. The van der Waals surface area contributed by atoms with Crippen molar-refractivity contribution in [3.8, 4) is 0 Å². The Kier molecular flexibility index (Phi) is 4.31. The van der Waals surface area contributed by atoms with E-state index < -0.39 is 0 Å². The summed E-state index contributed by atoms with van der Waals surface area (Å²) in [6, 6.07) is 5.52. The highest BCUT2D eigenvalue weighted by Gasteiger charge is 2.32. The zero-order chi connectivity index (χ0) is 15.5. The zero-order valence-electron chi connectivity index (χ0n) is 11.8. The van der Waals surface area contributed by atoms with E-state index >= 15 is 0 Å². The lowest BCUT2D eigenvalue weighted by Gasteiger charge is -2.12. The van der Waals surface area contributed by atoms with Crippen LogP contribution in [0.15, 0.2) is 46.7 Å². The number of nitrogens with zero attached hydrogens (tertiary/aromatic N) is 3. The molecular formula is C15H13ClN4OS. The summed E-state index contributed by atoms with van der Waals surface area (Å²) < 4.78 is 0. The topological polar surface area (TPSA) is 61.4 Å². The van der Waals surface area contributed by atoms with Gasteiger partial charge in [-0.2, -0.15) is 0 Å². The van der Waals surface area contributed by atoms with E-state index in [2.05, 4.69) is 15.0 Å². The second-order valence-electron chi connectivity index (χ2n) is 4.51. The maximum absolute atomic E-state index is 12.4. The lowest BCUT2D eigenvalue weighted by atomic mass is 10.3. The average Bonchev–Trinajstić information content (AvgIpc) is 3.11. The molecule has 1 amide bonds. The van der Waals surface area contributed by atoms with Crippen LogP contribution in [0.5, 0.6) is 0 Å². The first-order valence-electron chi connectivity index (χ1n) is 6.72. The highest BCUT2D eigenvalue weighted by molar-refractivity contribution is 8.18. The van der Waals surface area contributed by atoms with Crippen molar-refractivity contribution in [3.63, 3.8) is 0 Å². The first kappa shape index (κ1) is 14.9. The second kappa shape index (κ2) is 6.37. The first-order chi connectivity index (χ1) is 10.7. The van der Waals surface area contributed by atoms with Crippen LogP contribution in [0, 0.1) is 0 Å². The maximum atomic E-state index is 12.4. The molecule has 2 aromatic rings. The van der Waals surface area contributed by atoms with Crippen molar-refractivity contribution in [2.75, 3.05) is 6.54 Å². The van der Waals surface area contributed by atoms with Crippen molar-refractivity contribution in [2.24, 2.45) is 4.99 Å². The number of carbonyl (C=O) groups is 1. The van der Waals surface area contributed by atoms with E-state index in [1.807, 2.05) is 31.3 Å². The van der Waals surface area contributed by atoms with E-state index in [0.717, 1.165) is 5.69 Å². The largest absolute Gasteiger partial charge is 0.362 e. The molecule has 0 radical (unpaired) electrons. The van der Waals surface area contributed by atoms with E-state index in [1.165, 1.54) is 18.0 Å². The number of nitrogens with one attached hydrogen (secondary N) is 1. The molecule has 1 aliphatic heterocycles.